The van der Waals surface area contributed by atoms with Crippen LogP contribution in [0.2, 0.25) is 0 Å². The summed E-state index contributed by atoms with van der Waals surface area (Å²) < 4.78 is 47.5. The van der Waals surface area contributed by atoms with Gasteiger partial charge < -0.3 is 14.8 Å². The molecule has 1 aromatic heterocycles. The third-order valence-corrected chi connectivity index (χ3v) is 2.91. The van der Waals surface area contributed by atoms with Crippen molar-refractivity contribution in [3.05, 3.63) is 41.6 Å². The minimum absolute atomic E-state index is 0.242. The van der Waals surface area contributed by atoms with Gasteiger partial charge in [-0.2, -0.15) is 13.2 Å². The van der Waals surface area contributed by atoms with Crippen LogP contribution in [0.1, 0.15) is 11.3 Å². The molecule has 0 saturated heterocycles. The molecule has 0 amide bonds. The first-order chi connectivity index (χ1) is 10.4. The molecule has 0 aliphatic rings. The normalized spacial score (nSPS) is 11.1. The van der Waals surface area contributed by atoms with Crippen molar-refractivity contribution in [1.82, 2.24) is 10.2 Å². The van der Waals surface area contributed by atoms with Gasteiger partial charge in [-0.1, -0.05) is 0 Å². The van der Waals surface area contributed by atoms with Gasteiger partial charge in [0, 0.05) is 18.2 Å². The average molecular weight is 313 g/mol. The maximum absolute atomic E-state index is 12.4. The lowest BCUT2D eigenvalue weighted by Gasteiger charge is -2.11. The SMILES string of the molecule is COc1ccc(CNc2ccc(C(F)(F)F)nn2)c(OC)c1. The molecule has 0 aliphatic heterocycles. The van der Waals surface area contributed by atoms with Gasteiger partial charge in [0.15, 0.2) is 5.69 Å². The number of hydrogen-bond acceptors (Lipinski definition) is 5. The molecular formula is C14H14F3N3O2. The van der Waals surface area contributed by atoms with E-state index < -0.39 is 11.9 Å². The molecule has 0 radical (unpaired) electrons. The summed E-state index contributed by atoms with van der Waals surface area (Å²) in [5.74, 6) is 1.49. The van der Waals surface area contributed by atoms with Crippen molar-refractivity contribution in [3.63, 3.8) is 0 Å². The number of nitrogens with zero attached hydrogens (tertiary/aromatic N) is 2. The number of rotatable bonds is 5. The van der Waals surface area contributed by atoms with Crippen LogP contribution >= 0.6 is 0 Å². The van der Waals surface area contributed by atoms with E-state index in [1.165, 1.54) is 13.2 Å². The number of anilines is 1. The third-order valence-electron chi connectivity index (χ3n) is 2.91. The van der Waals surface area contributed by atoms with Gasteiger partial charge in [0.05, 0.1) is 14.2 Å². The van der Waals surface area contributed by atoms with Crippen LogP contribution in [-0.4, -0.2) is 24.4 Å². The van der Waals surface area contributed by atoms with E-state index in [4.69, 9.17) is 9.47 Å². The van der Waals surface area contributed by atoms with Crippen LogP contribution in [0.15, 0.2) is 30.3 Å². The predicted octanol–water partition coefficient (Wildman–Crippen LogP) is 3.12. The summed E-state index contributed by atoms with van der Waals surface area (Å²) in [6.45, 7) is 0.327. The topological polar surface area (TPSA) is 56.3 Å². The van der Waals surface area contributed by atoms with Crippen molar-refractivity contribution >= 4 is 5.82 Å². The molecule has 0 spiro atoms. The highest BCUT2D eigenvalue weighted by Gasteiger charge is 2.32. The molecule has 118 valence electrons. The second-order valence-electron chi connectivity index (χ2n) is 4.33. The van der Waals surface area contributed by atoms with E-state index in [1.54, 1.807) is 25.3 Å². The summed E-state index contributed by atoms with van der Waals surface area (Å²) in [4.78, 5) is 0. The summed E-state index contributed by atoms with van der Waals surface area (Å²) in [6, 6.07) is 7.38. The first-order valence-corrected chi connectivity index (χ1v) is 6.29. The first-order valence-electron chi connectivity index (χ1n) is 6.29. The highest BCUT2D eigenvalue weighted by atomic mass is 19.4. The second-order valence-corrected chi connectivity index (χ2v) is 4.33. The van der Waals surface area contributed by atoms with Crippen LogP contribution in [0.4, 0.5) is 19.0 Å². The van der Waals surface area contributed by atoms with E-state index in [1.807, 2.05) is 0 Å². The summed E-state index contributed by atoms with van der Waals surface area (Å²) in [7, 11) is 3.07. The van der Waals surface area contributed by atoms with Crippen molar-refractivity contribution < 1.29 is 22.6 Å². The van der Waals surface area contributed by atoms with Crippen LogP contribution in [0.3, 0.4) is 0 Å². The highest BCUT2D eigenvalue weighted by molar-refractivity contribution is 5.43. The zero-order valence-corrected chi connectivity index (χ0v) is 11.9. The maximum atomic E-state index is 12.4. The molecule has 0 aliphatic carbocycles. The van der Waals surface area contributed by atoms with Gasteiger partial charge in [-0.3, -0.25) is 0 Å². The number of benzene rings is 1. The lowest BCUT2D eigenvalue weighted by Crippen LogP contribution is -2.10. The van der Waals surface area contributed by atoms with Gasteiger partial charge in [0.1, 0.15) is 17.3 Å². The van der Waals surface area contributed by atoms with Crippen LogP contribution < -0.4 is 14.8 Å². The van der Waals surface area contributed by atoms with Crippen LogP contribution in [0, 0.1) is 0 Å². The lowest BCUT2D eigenvalue weighted by atomic mass is 10.2. The van der Waals surface area contributed by atoms with Crippen LogP contribution in [0.25, 0.3) is 0 Å². The Morgan fingerprint density at radius 3 is 2.36 bits per heavy atom. The Labute approximate surface area is 125 Å². The quantitative estimate of drug-likeness (QED) is 0.919. The summed E-state index contributed by atoms with van der Waals surface area (Å²) in [6.07, 6.45) is -4.50. The van der Waals surface area contributed by atoms with Gasteiger partial charge in [-0.25, -0.2) is 0 Å². The fourth-order valence-corrected chi connectivity index (χ4v) is 1.76. The molecule has 1 aromatic carbocycles. The molecule has 0 fully saturated rings. The van der Waals surface area contributed by atoms with Crippen molar-refractivity contribution in [2.24, 2.45) is 0 Å². The molecule has 5 nitrogen and oxygen atoms in total. The number of alkyl halides is 3. The molecule has 8 heteroatoms. The zero-order chi connectivity index (χ0) is 16.2. The number of nitrogens with one attached hydrogen (secondary N) is 1. The Morgan fingerprint density at radius 1 is 1.05 bits per heavy atom. The monoisotopic (exact) mass is 313 g/mol. The molecule has 22 heavy (non-hydrogen) atoms. The highest BCUT2D eigenvalue weighted by Crippen LogP contribution is 2.28. The van der Waals surface area contributed by atoms with Gasteiger partial charge in [-0.15, -0.1) is 10.2 Å². The van der Waals surface area contributed by atoms with Crippen molar-refractivity contribution in [2.45, 2.75) is 12.7 Å². The molecule has 1 heterocycles. The Bertz CT molecular complexity index is 630. The Morgan fingerprint density at radius 2 is 1.82 bits per heavy atom. The number of methoxy groups -OCH3 is 2. The van der Waals surface area contributed by atoms with Crippen LogP contribution in [0.5, 0.6) is 11.5 Å². The van der Waals surface area contributed by atoms with Crippen molar-refractivity contribution in [3.8, 4) is 11.5 Å². The molecule has 0 bridgehead atoms. The maximum Gasteiger partial charge on any atom is 0.435 e. The van der Waals surface area contributed by atoms with Gasteiger partial charge in [0.2, 0.25) is 0 Å². The minimum Gasteiger partial charge on any atom is -0.497 e. The molecule has 0 atom stereocenters. The predicted molar refractivity (Wildman–Crippen MR) is 73.9 cm³/mol. The summed E-state index contributed by atoms with van der Waals surface area (Å²) in [5, 5.41) is 9.54. The van der Waals surface area contributed by atoms with Crippen molar-refractivity contribution in [2.75, 3.05) is 19.5 Å². The smallest absolute Gasteiger partial charge is 0.435 e. The minimum atomic E-state index is -4.50. The third kappa shape index (κ3) is 3.78. The number of aromatic nitrogens is 2. The number of ether oxygens (including phenoxy) is 2. The summed E-state index contributed by atoms with van der Waals surface area (Å²) in [5.41, 5.74) is -0.218. The molecule has 0 saturated carbocycles. The van der Waals surface area contributed by atoms with Crippen LogP contribution in [-0.2, 0) is 12.7 Å². The number of halogens is 3. The van der Waals surface area contributed by atoms with E-state index in [9.17, 15) is 13.2 Å². The van der Waals surface area contributed by atoms with E-state index in [0.717, 1.165) is 11.6 Å². The fourth-order valence-electron chi connectivity index (χ4n) is 1.76. The first kappa shape index (κ1) is 15.9. The zero-order valence-electron chi connectivity index (χ0n) is 11.9. The van der Waals surface area contributed by atoms with E-state index >= 15 is 0 Å². The summed E-state index contributed by atoms with van der Waals surface area (Å²) >= 11 is 0. The van der Waals surface area contributed by atoms with Gasteiger partial charge >= 0.3 is 6.18 Å². The Hall–Kier alpha value is -2.51. The molecular weight excluding hydrogens is 299 g/mol. The molecule has 2 rings (SSSR count). The lowest BCUT2D eigenvalue weighted by molar-refractivity contribution is -0.141. The van der Waals surface area contributed by atoms with E-state index in [2.05, 4.69) is 15.5 Å². The number of hydrogen-bond donors (Lipinski definition) is 1. The molecule has 2 aromatic rings. The Balaban J connectivity index is 2.07. The average Bonchev–Trinajstić information content (AvgIpc) is 2.52. The second kappa shape index (κ2) is 6.50. The largest absolute Gasteiger partial charge is 0.497 e. The van der Waals surface area contributed by atoms with Gasteiger partial charge in [-0.05, 0) is 24.3 Å². The molecule has 0 unspecified atom stereocenters. The standard InChI is InChI=1S/C14H14F3N3O2/c1-21-10-4-3-9(11(7-10)22-2)8-18-13-6-5-12(19-20-13)14(15,16)17/h3-7H,8H2,1-2H3,(H,18,20). The van der Waals surface area contributed by atoms with Crippen molar-refractivity contribution in [1.29, 1.82) is 0 Å². The molecule has 1 N–H and O–H groups in total. The Kier molecular flexibility index (Phi) is 4.69. The van der Waals surface area contributed by atoms with E-state index in [0.29, 0.717) is 18.0 Å². The van der Waals surface area contributed by atoms with Gasteiger partial charge in [0.25, 0.3) is 0 Å². The fraction of sp³-hybridized carbons (Fsp3) is 0.286. The van der Waals surface area contributed by atoms with E-state index in [-0.39, 0.29) is 5.82 Å².